The summed E-state index contributed by atoms with van der Waals surface area (Å²) in [6, 6.07) is 1.53. The largest absolute Gasteiger partial charge is 0.391 e. The molecule has 1 heterocycles. The van der Waals surface area contributed by atoms with Crippen LogP contribution in [0.25, 0.3) is 0 Å². The molecule has 1 aromatic rings. The van der Waals surface area contributed by atoms with Crippen molar-refractivity contribution in [2.45, 2.75) is 56.1 Å². The summed E-state index contributed by atoms with van der Waals surface area (Å²) in [6.07, 6.45) is 5.05. The summed E-state index contributed by atoms with van der Waals surface area (Å²) in [5.74, 6) is 0. The predicted molar refractivity (Wildman–Crippen MR) is 79.8 cm³/mol. The molecule has 0 saturated heterocycles. The monoisotopic (exact) mass is 367 g/mol. The van der Waals surface area contributed by atoms with Crippen LogP contribution in [0.2, 0.25) is 0 Å². The second-order valence-corrected chi connectivity index (χ2v) is 9.34. The third-order valence-electron chi connectivity index (χ3n) is 3.49. The van der Waals surface area contributed by atoms with E-state index in [0.29, 0.717) is 8.66 Å². The average Bonchev–Trinajstić information content (AvgIpc) is 2.71. The molecule has 108 valence electrons. The number of aliphatic hydroxyl groups excluding tert-OH is 1. The lowest BCUT2D eigenvalue weighted by Gasteiger charge is -2.34. The molecule has 1 aliphatic carbocycles. The van der Waals surface area contributed by atoms with Gasteiger partial charge in [-0.2, -0.15) is 0 Å². The van der Waals surface area contributed by atoms with Gasteiger partial charge in [0.05, 0.1) is 10.4 Å². The van der Waals surface area contributed by atoms with Crippen molar-refractivity contribution < 1.29 is 13.5 Å². The van der Waals surface area contributed by atoms with Crippen LogP contribution in [0, 0.1) is 0 Å². The highest BCUT2D eigenvalue weighted by Crippen LogP contribution is 2.34. The van der Waals surface area contributed by atoms with Crippen molar-refractivity contribution in [1.29, 1.82) is 0 Å². The normalized spacial score (nSPS) is 19.5. The number of hydrogen-bond donors (Lipinski definition) is 2. The molecule has 0 unspecified atom stereocenters. The van der Waals surface area contributed by atoms with Gasteiger partial charge in [-0.1, -0.05) is 19.3 Å². The Balaban J connectivity index is 2.24. The van der Waals surface area contributed by atoms with Crippen LogP contribution in [-0.2, 0) is 16.6 Å². The fourth-order valence-electron chi connectivity index (χ4n) is 2.47. The van der Waals surface area contributed by atoms with Gasteiger partial charge in [-0.3, -0.25) is 0 Å². The van der Waals surface area contributed by atoms with Crippen LogP contribution in [0.4, 0.5) is 0 Å². The predicted octanol–water partition coefficient (Wildman–Crippen LogP) is 3.00. The van der Waals surface area contributed by atoms with Crippen molar-refractivity contribution in [3.05, 3.63) is 14.7 Å². The summed E-state index contributed by atoms with van der Waals surface area (Å²) < 4.78 is 28.3. The van der Waals surface area contributed by atoms with E-state index in [1.165, 1.54) is 23.8 Å². The number of hydrogen-bond acceptors (Lipinski definition) is 4. The van der Waals surface area contributed by atoms with E-state index >= 15 is 0 Å². The van der Waals surface area contributed by atoms with Crippen LogP contribution in [-0.4, -0.2) is 19.1 Å². The summed E-state index contributed by atoms with van der Waals surface area (Å²) in [5.41, 5.74) is -0.349. The van der Waals surface area contributed by atoms with Crippen LogP contribution in [0.5, 0.6) is 0 Å². The molecule has 7 heteroatoms. The zero-order valence-corrected chi connectivity index (χ0v) is 14.0. The van der Waals surface area contributed by atoms with Crippen LogP contribution in [0.15, 0.2) is 14.7 Å². The van der Waals surface area contributed by atoms with Crippen molar-refractivity contribution in [3.63, 3.8) is 0 Å². The summed E-state index contributed by atoms with van der Waals surface area (Å²) in [4.78, 5) is 0.870. The van der Waals surface area contributed by atoms with E-state index in [9.17, 15) is 8.42 Å². The van der Waals surface area contributed by atoms with Crippen LogP contribution in [0.3, 0.4) is 0 Å². The highest BCUT2D eigenvalue weighted by atomic mass is 79.9. The highest BCUT2D eigenvalue weighted by Gasteiger charge is 2.33. The zero-order valence-electron chi connectivity index (χ0n) is 10.8. The van der Waals surface area contributed by atoms with Gasteiger partial charge in [-0.05, 0) is 41.8 Å². The molecule has 1 fully saturated rings. The van der Waals surface area contributed by atoms with Crippen molar-refractivity contribution in [2.75, 3.05) is 0 Å². The molecule has 19 heavy (non-hydrogen) atoms. The van der Waals surface area contributed by atoms with Gasteiger partial charge >= 0.3 is 0 Å². The molecule has 0 aliphatic heterocycles. The number of aliphatic hydroxyl groups is 1. The highest BCUT2D eigenvalue weighted by molar-refractivity contribution is 9.11. The second kappa shape index (κ2) is 5.81. The van der Waals surface area contributed by atoms with Gasteiger partial charge in [0.25, 0.3) is 0 Å². The van der Waals surface area contributed by atoms with Gasteiger partial charge in [0.1, 0.15) is 4.90 Å². The maximum Gasteiger partial charge on any atom is 0.243 e. The maximum atomic E-state index is 12.4. The summed E-state index contributed by atoms with van der Waals surface area (Å²) in [6.45, 7) is 1.83. The van der Waals surface area contributed by atoms with Crippen molar-refractivity contribution in [3.8, 4) is 0 Å². The number of halogens is 1. The molecule has 2 N–H and O–H groups in total. The lowest BCUT2D eigenvalue weighted by molar-refractivity contribution is 0.285. The molecule has 1 aliphatic rings. The summed E-state index contributed by atoms with van der Waals surface area (Å²) in [5, 5.41) is 9.09. The number of thiophene rings is 1. The quantitative estimate of drug-likeness (QED) is 0.859. The number of rotatable bonds is 4. The molecule has 0 radical (unpaired) electrons. The summed E-state index contributed by atoms with van der Waals surface area (Å²) in [7, 11) is -3.54. The maximum absolute atomic E-state index is 12.4. The third-order valence-corrected chi connectivity index (χ3v) is 7.36. The first-order valence-electron chi connectivity index (χ1n) is 6.29. The van der Waals surface area contributed by atoms with Gasteiger partial charge < -0.3 is 5.11 Å². The van der Waals surface area contributed by atoms with Gasteiger partial charge in [0.15, 0.2) is 0 Å². The Morgan fingerprint density at radius 2 is 2.05 bits per heavy atom. The molecule has 0 atom stereocenters. The second-order valence-electron chi connectivity index (χ2n) is 5.24. The molecule has 1 saturated carbocycles. The van der Waals surface area contributed by atoms with E-state index in [0.717, 1.165) is 25.7 Å². The number of nitrogens with one attached hydrogen (secondary N) is 1. The Labute approximate surface area is 126 Å². The lowest BCUT2D eigenvalue weighted by atomic mass is 9.84. The Kier molecular flexibility index (Phi) is 4.72. The minimum atomic E-state index is -3.54. The molecule has 0 bridgehead atoms. The van der Waals surface area contributed by atoms with Crippen LogP contribution < -0.4 is 4.72 Å². The molecule has 0 aromatic carbocycles. The van der Waals surface area contributed by atoms with Crippen LogP contribution in [0.1, 0.15) is 43.9 Å². The van der Waals surface area contributed by atoms with Gasteiger partial charge in [0.2, 0.25) is 10.0 Å². The molecule has 2 rings (SSSR count). The molecule has 4 nitrogen and oxygen atoms in total. The van der Waals surface area contributed by atoms with E-state index < -0.39 is 10.0 Å². The molecule has 0 spiro atoms. The van der Waals surface area contributed by atoms with Crippen molar-refractivity contribution in [2.24, 2.45) is 0 Å². The van der Waals surface area contributed by atoms with Crippen molar-refractivity contribution in [1.82, 2.24) is 4.72 Å². The van der Waals surface area contributed by atoms with E-state index in [-0.39, 0.29) is 17.0 Å². The Bertz CT molecular complexity index is 547. The molecular formula is C12H18BrNO3S2. The smallest absolute Gasteiger partial charge is 0.243 e. The zero-order chi connectivity index (χ0) is 14.1. The minimum Gasteiger partial charge on any atom is -0.391 e. The van der Waals surface area contributed by atoms with E-state index in [1.807, 2.05) is 6.92 Å². The minimum absolute atomic E-state index is 0.143. The first-order valence-corrected chi connectivity index (χ1v) is 9.39. The lowest BCUT2D eigenvalue weighted by Crippen LogP contribution is -2.47. The van der Waals surface area contributed by atoms with E-state index in [2.05, 4.69) is 20.7 Å². The van der Waals surface area contributed by atoms with Gasteiger partial charge in [0, 0.05) is 10.4 Å². The topological polar surface area (TPSA) is 66.4 Å². The number of sulfonamides is 1. The van der Waals surface area contributed by atoms with E-state index in [4.69, 9.17) is 5.11 Å². The first-order chi connectivity index (χ1) is 8.86. The SMILES string of the molecule is CC1(NS(=O)(=O)c2cc(CO)sc2Br)CCCCC1. The molecular weight excluding hydrogens is 350 g/mol. The Morgan fingerprint density at radius 3 is 2.58 bits per heavy atom. The van der Waals surface area contributed by atoms with Gasteiger partial charge in [-0.25, -0.2) is 13.1 Å². The first kappa shape index (κ1) is 15.4. The third kappa shape index (κ3) is 3.58. The van der Waals surface area contributed by atoms with Crippen LogP contribution >= 0.6 is 27.3 Å². The Hall–Kier alpha value is 0.0500. The fourth-order valence-corrected chi connectivity index (χ4v) is 6.48. The Morgan fingerprint density at radius 1 is 1.42 bits per heavy atom. The van der Waals surface area contributed by atoms with Gasteiger partial charge in [-0.15, -0.1) is 11.3 Å². The van der Waals surface area contributed by atoms with E-state index in [1.54, 1.807) is 0 Å². The summed E-state index contributed by atoms with van der Waals surface area (Å²) >= 11 is 4.51. The average molecular weight is 368 g/mol. The standard InChI is InChI=1S/C12H18BrNO3S2/c1-12(5-3-2-4-6-12)14-19(16,17)10-7-9(8-15)18-11(10)13/h7,14-15H,2-6,8H2,1H3. The molecule has 1 aromatic heterocycles. The molecule has 0 amide bonds. The fraction of sp³-hybridized carbons (Fsp3) is 0.667. The van der Waals surface area contributed by atoms with Crippen molar-refractivity contribution >= 4 is 37.3 Å².